The van der Waals surface area contributed by atoms with Gasteiger partial charge in [0.25, 0.3) is 0 Å². The number of benzene rings is 2. The van der Waals surface area contributed by atoms with Crippen molar-refractivity contribution in [1.82, 2.24) is 10.0 Å². The van der Waals surface area contributed by atoms with Crippen molar-refractivity contribution in [3.05, 3.63) is 66.0 Å². The van der Waals surface area contributed by atoms with Crippen LogP contribution in [0.25, 0.3) is 0 Å². The number of nitrogens with one attached hydrogen (secondary N) is 2. The first-order chi connectivity index (χ1) is 11.0. The fourth-order valence-corrected chi connectivity index (χ4v) is 2.93. The maximum atomic E-state index is 12.8. The van der Waals surface area contributed by atoms with E-state index in [-0.39, 0.29) is 36.1 Å². The molecule has 0 atom stereocenters. The number of hydrogen-bond donors (Lipinski definition) is 2. The normalized spacial score (nSPS) is 11.2. The number of sulfonamides is 1. The monoisotopic (exact) mass is 336 g/mol. The van der Waals surface area contributed by atoms with E-state index < -0.39 is 10.0 Å². The zero-order valence-electron chi connectivity index (χ0n) is 12.3. The molecule has 2 aromatic carbocycles. The highest BCUT2D eigenvalue weighted by Crippen LogP contribution is 2.06. The summed E-state index contributed by atoms with van der Waals surface area (Å²) in [6.45, 7) is 0.275. The molecule has 2 rings (SSSR count). The second kappa shape index (κ2) is 7.85. The molecular weight excluding hydrogens is 319 g/mol. The van der Waals surface area contributed by atoms with E-state index in [1.807, 2.05) is 0 Å². The average molecular weight is 336 g/mol. The quantitative estimate of drug-likeness (QED) is 0.810. The predicted molar refractivity (Wildman–Crippen MR) is 84.5 cm³/mol. The first-order valence-corrected chi connectivity index (χ1v) is 8.51. The molecule has 0 aromatic heterocycles. The van der Waals surface area contributed by atoms with E-state index in [1.54, 1.807) is 30.3 Å². The van der Waals surface area contributed by atoms with Gasteiger partial charge in [-0.15, -0.1) is 0 Å². The number of halogens is 1. The van der Waals surface area contributed by atoms with Crippen molar-refractivity contribution in [2.75, 3.05) is 6.54 Å². The van der Waals surface area contributed by atoms with Crippen LogP contribution in [-0.2, 0) is 21.4 Å². The molecule has 2 N–H and O–H groups in total. The summed E-state index contributed by atoms with van der Waals surface area (Å²) in [6.07, 6.45) is 0.0211. The van der Waals surface area contributed by atoms with Gasteiger partial charge in [0.15, 0.2) is 0 Å². The lowest BCUT2D eigenvalue weighted by Crippen LogP contribution is -2.30. The first-order valence-electron chi connectivity index (χ1n) is 7.03. The number of amides is 1. The zero-order valence-corrected chi connectivity index (χ0v) is 13.1. The molecular formula is C16H17FN2O3S. The number of rotatable bonds is 7. The van der Waals surface area contributed by atoms with Crippen LogP contribution in [0.5, 0.6) is 0 Å². The van der Waals surface area contributed by atoms with Gasteiger partial charge in [0.1, 0.15) is 5.82 Å². The third-order valence-corrected chi connectivity index (χ3v) is 4.58. The van der Waals surface area contributed by atoms with E-state index >= 15 is 0 Å². The summed E-state index contributed by atoms with van der Waals surface area (Å²) in [7, 11) is -3.60. The molecule has 7 heteroatoms. The van der Waals surface area contributed by atoms with Gasteiger partial charge < -0.3 is 5.32 Å². The lowest BCUT2D eigenvalue weighted by Gasteiger charge is -2.08. The number of carbonyl (C=O) groups excluding carboxylic acids is 1. The molecule has 0 saturated heterocycles. The van der Waals surface area contributed by atoms with Crippen molar-refractivity contribution < 1.29 is 17.6 Å². The summed E-state index contributed by atoms with van der Waals surface area (Å²) in [5, 5.41) is 2.65. The van der Waals surface area contributed by atoms with Crippen LogP contribution in [0.2, 0.25) is 0 Å². The lowest BCUT2D eigenvalue weighted by atomic mass is 10.2. The molecule has 0 aliphatic heterocycles. The zero-order chi connectivity index (χ0) is 16.7. The van der Waals surface area contributed by atoms with Crippen molar-refractivity contribution in [3.8, 4) is 0 Å². The Bertz CT molecular complexity index is 747. The molecule has 0 spiro atoms. The summed E-state index contributed by atoms with van der Waals surface area (Å²) in [6, 6.07) is 13.7. The van der Waals surface area contributed by atoms with Crippen molar-refractivity contribution in [3.63, 3.8) is 0 Å². The van der Waals surface area contributed by atoms with Crippen LogP contribution in [-0.4, -0.2) is 20.9 Å². The number of carbonyl (C=O) groups is 1. The van der Waals surface area contributed by atoms with Crippen LogP contribution in [0.1, 0.15) is 12.0 Å². The molecule has 2 aromatic rings. The van der Waals surface area contributed by atoms with Crippen molar-refractivity contribution in [1.29, 1.82) is 0 Å². The second-order valence-corrected chi connectivity index (χ2v) is 6.63. The van der Waals surface area contributed by atoms with Gasteiger partial charge in [0, 0.05) is 19.5 Å². The third-order valence-electron chi connectivity index (χ3n) is 3.10. The van der Waals surface area contributed by atoms with Gasteiger partial charge in [-0.3, -0.25) is 4.79 Å². The largest absolute Gasteiger partial charge is 0.352 e. The highest BCUT2D eigenvalue weighted by atomic mass is 32.2. The lowest BCUT2D eigenvalue weighted by molar-refractivity contribution is -0.121. The molecule has 23 heavy (non-hydrogen) atoms. The average Bonchev–Trinajstić information content (AvgIpc) is 2.55. The van der Waals surface area contributed by atoms with Crippen LogP contribution < -0.4 is 10.0 Å². The Balaban J connectivity index is 1.75. The minimum atomic E-state index is -3.60. The van der Waals surface area contributed by atoms with E-state index in [0.717, 1.165) is 5.56 Å². The van der Waals surface area contributed by atoms with E-state index in [0.29, 0.717) is 0 Å². The minimum Gasteiger partial charge on any atom is -0.352 e. The van der Waals surface area contributed by atoms with E-state index in [9.17, 15) is 17.6 Å². The Hall–Kier alpha value is -2.25. The van der Waals surface area contributed by atoms with Gasteiger partial charge in [-0.1, -0.05) is 30.3 Å². The number of hydrogen-bond acceptors (Lipinski definition) is 3. The highest BCUT2D eigenvalue weighted by molar-refractivity contribution is 7.89. The molecule has 5 nitrogen and oxygen atoms in total. The molecule has 0 fully saturated rings. The van der Waals surface area contributed by atoms with Crippen LogP contribution >= 0.6 is 0 Å². The van der Waals surface area contributed by atoms with Gasteiger partial charge in [-0.25, -0.2) is 17.5 Å². The summed E-state index contributed by atoms with van der Waals surface area (Å²) in [5.74, 6) is -0.625. The Labute approximate surface area is 134 Å². The van der Waals surface area contributed by atoms with Crippen LogP contribution in [0, 0.1) is 5.82 Å². The Kier molecular flexibility index (Phi) is 5.84. The van der Waals surface area contributed by atoms with Gasteiger partial charge in [0.05, 0.1) is 4.90 Å². The molecule has 0 heterocycles. The SMILES string of the molecule is O=C(CCNS(=O)(=O)c1ccccc1)NCc1ccc(F)cc1. The molecule has 0 radical (unpaired) electrons. The Morgan fingerprint density at radius 1 is 1.00 bits per heavy atom. The molecule has 0 unspecified atom stereocenters. The van der Waals surface area contributed by atoms with Crippen molar-refractivity contribution >= 4 is 15.9 Å². The summed E-state index contributed by atoms with van der Waals surface area (Å²) in [4.78, 5) is 11.8. The fourth-order valence-electron chi connectivity index (χ4n) is 1.87. The smallest absolute Gasteiger partial charge is 0.240 e. The molecule has 122 valence electrons. The topological polar surface area (TPSA) is 75.3 Å². The molecule has 0 aliphatic carbocycles. The van der Waals surface area contributed by atoms with Crippen molar-refractivity contribution in [2.45, 2.75) is 17.9 Å². The van der Waals surface area contributed by atoms with Crippen LogP contribution in [0.15, 0.2) is 59.5 Å². The van der Waals surface area contributed by atoms with E-state index in [4.69, 9.17) is 0 Å². The summed E-state index contributed by atoms with van der Waals surface area (Å²) < 4.78 is 39.0. The Morgan fingerprint density at radius 3 is 2.30 bits per heavy atom. The van der Waals surface area contributed by atoms with Crippen LogP contribution in [0.3, 0.4) is 0 Å². The van der Waals surface area contributed by atoms with Gasteiger partial charge in [-0.2, -0.15) is 0 Å². The maximum Gasteiger partial charge on any atom is 0.240 e. The Morgan fingerprint density at radius 2 is 1.65 bits per heavy atom. The minimum absolute atomic E-state index is 0.00643. The van der Waals surface area contributed by atoms with E-state index in [1.165, 1.54) is 24.3 Å². The first kappa shape index (κ1) is 17.1. The summed E-state index contributed by atoms with van der Waals surface area (Å²) in [5.41, 5.74) is 0.768. The third kappa shape index (κ3) is 5.46. The second-order valence-electron chi connectivity index (χ2n) is 4.86. The highest BCUT2D eigenvalue weighted by Gasteiger charge is 2.13. The van der Waals surface area contributed by atoms with Gasteiger partial charge in [-0.05, 0) is 29.8 Å². The fraction of sp³-hybridized carbons (Fsp3) is 0.188. The standard InChI is InChI=1S/C16H17FN2O3S/c17-14-8-6-13(7-9-14)12-18-16(20)10-11-19-23(21,22)15-4-2-1-3-5-15/h1-9,19H,10-12H2,(H,18,20). The maximum absolute atomic E-state index is 12.8. The molecule has 0 saturated carbocycles. The van der Waals surface area contributed by atoms with Crippen LogP contribution in [0.4, 0.5) is 4.39 Å². The van der Waals surface area contributed by atoms with Gasteiger partial charge in [0.2, 0.25) is 15.9 Å². The molecule has 1 amide bonds. The molecule has 0 aliphatic rings. The van der Waals surface area contributed by atoms with E-state index in [2.05, 4.69) is 10.0 Å². The van der Waals surface area contributed by atoms with Crippen molar-refractivity contribution in [2.24, 2.45) is 0 Å². The van der Waals surface area contributed by atoms with Gasteiger partial charge >= 0.3 is 0 Å². The molecule has 0 bridgehead atoms. The summed E-state index contributed by atoms with van der Waals surface area (Å²) >= 11 is 0. The predicted octanol–water partition coefficient (Wildman–Crippen LogP) is 1.81.